The minimum absolute atomic E-state index is 0.0386. The van der Waals surface area contributed by atoms with Gasteiger partial charge in [-0.15, -0.1) is 5.10 Å². The summed E-state index contributed by atoms with van der Waals surface area (Å²) in [6.07, 6.45) is -21.3. The van der Waals surface area contributed by atoms with Gasteiger partial charge in [-0.05, 0) is 128 Å². The number of hydrogen-bond donors (Lipinski definition) is 7. The molecule has 87 heavy (non-hydrogen) atoms. The summed E-state index contributed by atoms with van der Waals surface area (Å²) in [4.78, 5) is 81.8. The zero-order valence-corrected chi connectivity index (χ0v) is 49.0. The average Bonchev–Trinajstić information content (AvgIpc) is 1.04. The molecule has 4 aromatic rings. The van der Waals surface area contributed by atoms with Crippen LogP contribution < -0.4 is 10.1 Å². The summed E-state index contributed by atoms with van der Waals surface area (Å²) in [7, 11) is -4.08. The second kappa shape index (κ2) is 31.2. The normalized spacial score (nSPS) is 25.6. The number of aliphatic hydroxyl groups is 4. The maximum atomic E-state index is 14.7. The molecule has 7 N–H and O–H groups in total. The first-order chi connectivity index (χ1) is 41.4. The molecule has 0 aliphatic carbocycles. The lowest BCUT2D eigenvalue weighted by Gasteiger charge is -2.53. The molecule has 0 saturated carbocycles. The van der Waals surface area contributed by atoms with Gasteiger partial charge in [0.1, 0.15) is 48.5 Å². The van der Waals surface area contributed by atoms with Crippen LogP contribution in [0.15, 0.2) is 91.1 Å². The van der Waals surface area contributed by atoms with Crippen LogP contribution in [0, 0.1) is 0 Å². The minimum atomic E-state index is -4.08. The standard InChI is InChI=1S/C58H74N4O24S/c1-33(2)79-54(71)47(86-57-49(84-53(70)37-18-9-6-10-19-37)50-58(73,27-26-41(82-50)51(67)68)42(83-57)32-78-52(69)36-16-7-5-8-17-36)48(85-56-46(66)45(65)44(64)35(4)81-56)55(72)80-34(3)15-13-28-62-31-39(60-61-62)20-11-12-21-43(63)59-38-22-24-40(25-23-38)77-29-14-30-87(74,75)76/h5-10,16-19,22-25,31,33-35,41-42,44-50,56-57,64-66,73H,11-15,20-21,26-30,32H2,1-4H3,(H,59,63)(H,67,68)(H,74,75,76)/t34-,35-,41-,42+,44+,45+,46-,47+,48+,49+,50+,56-,57-,58-/m0/s1. The first kappa shape index (κ1) is 67.5. The number of aliphatic hydroxyl groups excluding tert-OH is 3. The van der Waals surface area contributed by atoms with Crippen molar-refractivity contribution in [2.75, 3.05) is 24.3 Å². The van der Waals surface area contributed by atoms with Gasteiger partial charge in [-0.2, -0.15) is 8.42 Å². The third-order valence-electron chi connectivity index (χ3n) is 14.3. The molecule has 476 valence electrons. The van der Waals surface area contributed by atoms with E-state index in [4.69, 9.17) is 51.9 Å². The summed E-state index contributed by atoms with van der Waals surface area (Å²) in [5, 5.41) is 66.6. The number of unbranched alkanes of at least 4 members (excludes halogenated alkanes) is 1. The Kier molecular flexibility index (Phi) is 24.2. The number of nitrogens with one attached hydrogen (secondary N) is 1. The highest BCUT2D eigenvalue weighted by molar-refractivity contribution is 7.85. The van der Waals surface area contributed by atoms with Crippen LogP contribution in [0.25, 0.3) is 0 Å². The van der Waals surface area contributed by atoms with E-state index in [1.807, 2.05) is 0 Å². The number of anilines is 1. The Morgan fingerprint density at radius 2 is 1.43 bits per heavy atom. The Bertz CT molecular complexity index is 3030. The minimum Gasteiger partial charge on any atom is -0.494 e. The summed E-state index contributed by atoms with van der Waals surface area (Å²) in [5.74, 6) is -6.23. The number of carbonyl (C=O) groups is 6. The number of carbonyl (C=O) groups excluding carboxylic acids is 5. The second-order valence-corrected chi connectivity index (χ2v) is 23.1. The first-order valence-corrected chi connectivity index (χ1v) is 30.0. The third-order valence-corrected chi connectivity index (χ3v) is 15.1. The van der Waals surface area contributed by atoms with Crippen molar-refractivity contribution in [2.24, 2.45) is 0 Å². The lowest BCUT2D eigenvalue weighted by Crippen LogP contribution is -2.72. The van der Waals surface area contributed by atoms with Gasteiger partial charge < -0.3 is 78.2 Å². The van der Waals surface area contributed by atoms with Crippen LogP contribution in [0.5, 0.6) is 5.75 Å². The van der Waals surface area contributed by atoms with Gasteiger partial charge in [0, 0.05) is 24.8 Å². The average molecular weight is 1240 g/mol. The molecule has 0 radical (unpaired) electrons. The molecule has 0 spiro atoms. The SMILES string of the molecule is CC(C)OC(=O)[C@H](O[C@@H]1O[C@H](COC(=O)c2ccccc2)[C@@]2(O)CC[C@@H](C(=O)O)O[C@@H]2[C@H]1OC(=O)c1ccccc1)[C@@H](O[C@@H]1O[C@@H](C)[C@@H](O)[C@@H](O)[C@@H]1O)C(=O)O[C@@H](C)CCCn1cc(CCCCC(=O)Nc2ccc(OCCCS(=O)(=O)O)cc2)nn1. The molecule has 1 amide bonds. The summed E-state index contributed by atoms with van der Waals surface area (Å²) >= 11 is 0. The fourth-order valence-electron chi connectivity index (χ4n) is 9.76. The van der Waals surface area contributed by atoms with Crippen molar-refractivity contribution < 1.29 is 115 Å². The molecule has 4 heterocycles. The van der Waals surface area contributed by atoms with Gasteiger partial charge in [0.2, 0.25) is 5.91 Å². The number of aryl methyl sites for hydroxylation is 2. The molecule has 3 fully saturated rings. The maximum Gasteiger partial charge on any atom is 0.339 e. The van der Waals surface area contributed by atoms with E-state index in [-0.39, 0.29) is 55.7 Å². The number of carboxylic acids is 1. The molecule has 28 nitrogen and oxygen atoms in total. The predicted molar refractivity (Wildman–Crippen MR) is 299 cm³/mol. The van der Waals surface area contributed by atoms with Gasteiger partial charge in [0.15, 0.2) is 37.0 Å². The van der Waals surface area contributed by atoms with Gasteiger partial charge in [-0.3, -0.25) is 14.0 Å². The van der Waals surface area contributed by atoms with E-state index in [1.165, 1.54) is 64.1 Å². The van der Waals surface area contributed by atoms with Crippen LogP contribution in [-0.4, -0.2) is 200 Å². The number of esters is 4. The molecule has 14 atom stereocenters. The molecule has 0 bridgehead atoms. The van der Waals surface area contributed by atoms with Crippen molar-refractivity contribution in [3.63, 3.8) is 0 Å². The summed E-state index contributed by atoms with van der Waals surface area (Å²) in [5.41, 5.74) is -1.04. The number of benzene rings is 3. The first-order valence-electron chi connectivity index (χ1n) is 28.4. The van der Waals surface area contributed by atoms with Crippen molar-refractivity contribution in [1.29, 1.82) is 0 Å². The van der Waals surface area contributed by atoms with Gasteiger partial charge in [0.25, 0.3) is 10.1 Å². The molecule has 3 aliphatic heterocycles. The smallest absolute Gasteiger partial charge is 0.339 e. The molecular formula is C58H74N4O24S. The molecular weight excluding hydrogens is 1170 g/mol. The van der Waals surface area contributed by atoms with Crippen molar-refractivity contribution in [3.8, 4) is 5.75 Å². The lowest BCUT2D eigenvalue weighted by atomic mass is 9.77. The van der Waals surface area contributed by atoms with E-state index in [2.05, 4.69) is 15.6 Å². The number of aromatic nitrogens is 3. The van der Waals surface area contributed by atoms with E-state index >= 15 is 0 Å². The van der Waals surface area contributed by atoms with Crippen LogP contribution in [0.1, 0.15) is 105 Å². The van der Waals surface area contributed by atoms with Crippen molar-refractivity contribution >= 4 is 51.6 Å². The quantitative estimate of drug-likeness (QED) is 0.0171. The monoisotopic (exact) mass is 1240 g/mol. The number of nitrogens with zero attached hydrogens (tertiary/aromatic N) is 3. The Morgan fingerprint density at radius 1 is 0.782 bits per heavy atom. The van der Waals surface area contributed by atoms with Gasteiger partial charge in [-0.1, -0.05) is 41.6 Å². The maximum absolute atomic E-state index is 14.7. The molecule has 29 heteroatoms. The summed E-state index contributed by atoms with van der Waals surface area (Å²) in [6, 6.07) is 21.7. The number of rotatable bonds is 30. The van der Waals surface area contributed by atoms with Crippen molar-refractivity contribution in [1.82, 2.24) is 15.0 Å². The van der Waals surface area contributed by atoms with E-state index in [1.54, 1.807) is 59.4 Å². The van der Waals surface area contributed by atoms with Gasteiger partial charge in [-0.25, -0.2) is 24.0 Å². The molecule has 3 saturated heterocycles. The molecule has 1 aromatic heterocycles. The van der Waals surface area contributed by atoms with Gasteiger partial charge in [0.05, 0.1) is 47.5 Å². The fourth-order valence-corrected chi connectivity index (χ4v) is 10.2. The van der Waals surface area contributed by atoms with Crippen LogP contribution in [0.4, 0.5) is 5.69 Å². The Morgan fingerprint density at radius 3 is 2.07 bits per heavy atom. The Labute approximate surface area is 501 Å². The Balaban J connectivity index is 1.06. The molecule has 7 rings (SSSR count). The van der Waals surface area contributed by atoms with E-state index < -0.39 is 144 Å². The number of ether oxygens (including phenoxy) is 10. The van der Waals surface area contributed by atoms with E-state index in [0.717, 1.165) is 0 Å². The molecule has 0 unspecified atom stereocenters. The number of amides is 1. The van der Waals surface area contributed by atoms with Gasteiger partial charge >= 0.3 is 29.8 Å². The lowest BCUT2D eigenvalue weighted by molar-refractivity contribution is -0.365. The third kappa shape index (κ3) is 19.2. The zero-order chi connectivity index (χ0) is 63.0. The fraction of sp³-hybridized carbons (Fsp3) is 0.552. The highest BCUT2D eigenvalue weighted by Gasteiger charge is 2.63. The molecule has 3 aromatic carbocycles. The largest absolute Gasteiger partial charge is 0.494 e. The topological polar surface area (TPSA) is 393 Å². The predicted octanol–water partition coefficient (Wildman–Crippen LogP) is 2.72. The summed E-state index contributed by atoms with van der Waals surface area (Å²) < 4.78 is 91.3. The van der Waals surface area contributed by atoms with Crippen LogP contribution in [0.2, 0.25) is 0 Å². The number of fused-ring (bicyclic) bond motifs is 1. The Hall–Kier alpha value is -7.03. The molecule has 3 aliphatic rings. The number of hydrogen-bond acceptors (Lipinski definition) is 24. The zero-order valence-electron chi connectivity index (χ0n) is 48.2. The van der Waals surface area contributed by atoms with E-state index in [0.29, 0.717) is 49.4 Å². The number of aliphatic carboxylic acids is 1. The van der Waals surface area contributed by atoms with E-state index in [9.17, 15) is 62.7 Å². The summed E-state index contributed by atoms with van der Waals surface area (Å²) in [6.45, 7) is 5.41. The number of carboxylic acid groups (broad SMARTS) is 1. The van der Waals surface area contributed by atoms with Crippen molar-refractivity contribution in [3.05, 3.63) is 108 Å². The highest BCUT2D eigenvalue weighted by atomic mass is 32.2. The van der Waals surface area contributed by atoms with Crippen LogP contribution in [0.3, 0.4) is 0 Å². The second-order valence-electron chi connectivity index (χ2n) is 21.5. The highest BCUT2D eigenvalue weighted by Crippen LogP contribution is 2.43. The van der Waals surface area contributed by atoms with Crippen LogP contribution >= 0.6 is 0 Å². The van der Waals surface area contributed by atoms with Crippen LogP contribution in [-0.2, 0) is 84.9 Å². The van der Waals surface area contributed by atoms with Crippen molar-refractivity contribution in [2.45, 2.75) is 183 Å².